The van der Waals surface area contributed by atoms with Crippen LogP contribution in [0.2, 0.25) is 0 Å². The Morgan fingerprint density at radius 2 is 1.93 bits per heavy atom. The Kier molecular flexibility index (Phi) is 6.11. The largest absolute Gasteiger partial charge is 0.508 e. The van der Waals surface area contributed by atoms with Crippen LogP contribution in [0.3, 0.4) is 0 Å². The zero-order valence-corrected chi connectivity index (χ0v) is 15.3. The summed E-state index contributed by atoms with van der Waals surface area (Å²) in [4.78, 5) is 13.9. The molecule has 0 saturated carbocycles. The van der Waals surface area contributed by atoms with Crippen molar-refractivity contribution >= 4 is 5.91 Å². The van der Waals surface area contributed by atoms with Gasteiger partial charge in [-0.1, -0.05) is 30.3 Å². The van der Waals surface area contributed by atoms with E-state index < -0.39 is 18.0 Å². The van der Waals surface area contributed by atoms with Gasteiger partial charge in [-0.3, -0.25) is 4.79 Å². The number of phenolic OH excluding ortho intramolecular Hbond substituents is 1. The van der Waals surface area contributed by atoms with Crippen LogP contribution in [0.5, 0.6) is 11.5 Å². The lowest BCUT2D eigenvalue weighted by Crippen LogP contribution is -2.45. The molecule has 0 aliphatic carbocycles. The van der Waals surface area contributed by atoms with Gasteiger partial charge < -0.3 is 14.7 Å². The third-order valence-corrected chi connectivity index (χ3v) is 4.86. The molecule has 1 atom stereocenters. The number of carbonyl (C=O) groups excluding carboxylic acids is 1. The average molecular weight is 393 g/mol. The number of benzene rings is 2. The smallest absolute Gasteiger partial charge is 0.393 e. The molecule has 7 heteroatoms. The average Bonchev–Trinajstić information content (AvgIpc) is 2.67. The molecule has 2 aromatic rings. The molecular formula is C21H22F3NO3. The van der Waals surface area contributed by atoms with E-state index in [0.29, 0.717) is 24.3 Å². The third-order valence-electron chi connectivity index (χ3n) is 4.86. The second kappa shape index (κ2) is 8.54. The van der Waals surface area contributed by atoms with Crippen molar-refractivity contribution in [3.8, 4) is 11.5 Å². The van der Waals surface area contributed by atoms with Crippen LogP contribution >= 0.6 is 0 Å². The molecule has 0 radical (unpaired) electrons. The monoisotopic (exact) mass is 393 g/mol. The van der Waals surface area contributed by atoms with Crippen molar-refractivity contribution in [3.05, 3.63) is 59.7 Å². The fourth-order valence-corrected chi connectivity index (χ4v) is 3.33. The second-order valence-electron chi connectivity index (χ2n) is 6.96. The van der Waals surface area contributed by atoms with Gasteiger partial charge in [-0.05, 0) is 36.6 Å². The van der Waals surface area contributed by atoms with Crippen LogP contribution in [0.25, 0.3) is 0 Å². The summed E-state index contributed by atoms with van der Waals surface area (Å²) in [6, 6.07) is 13.9. The van der Waals surface area contributed by atoms with Gasteiger partial charge in [0, 0.05) is 18.7 Å². The predicted octanol–water partition coefficient (Wildman–Crippen LogP) is 4.31. The minimum absolute atomic E-state index is 0.0262. The molecule has 1 aliphatic rings. The number of nitrogens with zero attached hydrogens (tertiary/aromatic N) is 1. The summed E-state index contributed by atoms with van der Waals surface area (Å²) >= 11 is 0. The predicted molar refractivity (Wildman–Crippen MR) is 97.9 cm³/mol. The Bertz CT molecular complexity index is 808. The second-order valence-corrected chi connectivity index (χ2v) is 6.96. The molecule has 1 heterocycles. The van der Waals surface area contributed by atoms with Crippen molar-refractivity contribution in [3.63, 3.8) is 0 Å². The van der Waals surface area contributed by atoms with Crippen LogP contribution in [-0.4, -0.2) is 35.2 Å². The third kappa shape index (κ3) is 5.18. The maximum Gasteiger partial charge on any atom is 0.393 e. The standard InChI is InChI=1S/C21H22F3NO3/c22-21(23,24)17-7-4-10-25(13-17)20(27)12-16-11-18(26)8-9-19(16)28-14-15-5-2-1-3-6-15/h1-3,5-6,8-9,11,17,26H,4,7,10,12-14H2. The van der Waals surface area contributed by atoms with E-state index in [9.17, 15) is 23.1 Å². The number of rotatable bonds is 5. The van der Waals surface area contributed by atoms with Crippen molar-refractivity contribution < 1.29 is 27.8 Å². The number of likely N-dealkylation sites (tertiary alicyclic amines) is 1. The SMILES string of the molecule is O=C(Cc1cc(O)ccc1OCc1ccccc1)N1CCCC(C(F)(F)F)C1. The zero-order valence-electron chi connectivity index (χ0n) is 15.3. The van der Waals surface area contributed by atoms with E-state index in [4.69, 9.17) is 4.74 Å². The summed E-state index contributed by atoms with van der Waals surface area (Å²) < 4.78 is 44.8. The summed E-state index contributed by atoms with van der Waals surface area (Å²) in [5, 5.41) is 9.77. The molecule has 150 valence electrons. The molecule has 0 bridgehead atoms. The molecule has 1 N–H and O–H groups in total. The van der Waals surface area contributed by atoms with E-state index in [0.717, 1.165) is 5.56 Å². The molecule has 28 heavy (non-hydrogen) atoms. The van der Waals surface area contributed by atoms with E-state index >= 15 is 0 Å². The molecule has 0 spiro atoms. The highest BCUT2D eigenvalue weighted by Crippen LogP contribution is 2.33. The lowest BCUT2D eigenvalue weighted by Gasteiger charge is -2.34. The summed E-state index contributed by atoms with van der Waals surface area (Å²) in [7, 11) is 0. The van der Waals surface area contributed by atoms with E-state index in [-0.39, 0.29) is 31.7 Å². The molecule has 2 aromatic carbocycles. The number of hydrogen-bond acceptors (Lipinski definition) is 3. The van der Waals surface area contributed by atoms with Crippen molar-refractivity contribution in [2.45, 2.75) is 32.0 Å². The summed E-state index contributed by atoms with van der Waals surface area (Å²) in [6.07, 6.45) is -4.05. The molecule has 1 aliphatic heterocycles. The van der Waals surface area contributed by atoms with Gasteiger partial charge in [0.2, 0.25) is 5.91 Å². The minimum Gasteiger partial charge on any atom is -0.508 e. The molecule has 1 amide bonds. The topological polar surface area (TPSA) is 49.8 Å². The van der Waals surface area contributed by atoms with E-state index in [1.165, 1.54) is 17.0 Å². The van der Waals surface area contributed by atoms with Gasteiger partial charge in [-0.25, -0.2) is 0 Å². The number of phenols is 1. The van der Waals surface area contributed by atoms with Gasteiger partial charge in [0.25, 0.3) is 0 Å². The van der Waals surface area contributed by atoms with Gasteiger partial charge in [0.05, 0.1) is 12.3 Å². The number of ether oxygens (including phenoxy) is 1. The number of alkyl halides is 3. The Morgan fingerprint density at radius 3 is 2.64 bits per heavy atom. The zero-order chi connectivity index (χ0) is 20.1. The lowest BCUT2D eigenvalue weighted by atomic mass is 9.97. The van der Waals surface area contributed by atoms with Gasteiger partial charge in [0.15, 0.2) is 0 Å². The van der Waals surface area contributed by atoms with Crippen molar-refractivity contribution in [2.24, 2.45) is 5.92 Å². The quantitative estimate of drug-likeness (QED) is 0.823. The van der Waals surface area contributed by atoms with Crippen molar-refractivity contribution in [2.75, 3.05) is 13.1 Å². The molecule has 1 saturated heterocycles. The minimum atomic E-state index is -4.30. The highest BCUT2D eigenvalue weighted by Gasteiger charge is 2.42. The Balaban J connectivity index is 1.69. The van der Waals surface area contributed by atoms with Crippen molar-refractivity contribution in [1.29, 1.82) is 0 Å². The van der Waals surface area contributed by atoms with Crippen LogP contribution < -0.4 is 4.74 Å². The Labute approximate surface area is 161 Å². The number of aromatic hydroxyl groups is 1. The molecular weight excluding hydrogens is 371 g/mol. The van der Waals surface area contributed by atoms with Crippen LogP contribution in [-0.2, 0) is 17.8 Å². The van der Waals surface area contributed by atoms with E-state index in [1.807, 2.05) is 30.3 Å². The maximum atomic E-state index is 13.0. The van der Waals surface area contributed by atoms with Crippen LogP contribution in [0, 0.1) is 5.92 Å². The fraction of sp³-hybridized carbons (Fsp3) is 0.381. The number of halogens is 3. The highest BCUT2D eigenvalue weighted by atomic mass is 19.4. The van der Waals surface area contributed by atoms with Crippen molar-refractivity contribution in [1.82, 2.24) is 4.90 Å². The van der Waals surface area contributed by atoms with E-state index in [2.05, 4.69) is 0 Å². The van der Waals surface area contributed by atoms with Crippen LogP contribution in [0.4, 0.5) is 13.2 Å². The summed E-state index contributed by atoms with van der Waals surface area (Å²) in [6.45, 7) is 0.276. The number of carbonyl (C=O) groups is 1. The highest BCUT2D eigenvalue weighted by molar-refractivity contribution is 5.79. The Morgan fingerprint density at radius 1 is 1.18 bits per heavy atom. The first-order chi connectivity index (χ1) is 13.3. The number of amides is 1. The van der Waals surface area contributed by atoms with Gasteiger partial charge in [-0.15, -0.1) is 0 Å². The van der Waals surface area contributed by atoms with Crippen LogP contribution in [0.15, 0.2) is 48.5 Å². The lowest BCUT2D eigenvalue weighted by molar-refractivity contribution is -0.187. The first kappa shape index (κ1) is 20.0. The maximum absolute atomic E-state index is 13.0. The molecule has 1 unspecified atom stereocenters. The van der Waals surface area contributed by atoms with Crippen LogP contribution in [0.1, 0.15) is 24.0 Å². The van der Waals surface area contributed by atoms with Gasteiger partial charge in [-0.2, -0.15) is 13.2 Å². The molecule has 1 fully saturated rings. The molecule has 4 nitrogen and oxygen atoms in total. The van der Waals surface area contributed by atoms with E-state index in [1.54, 1.807) is 6.07 Å². The first-order valence-corrected chi connectivity index (χ1v) is 9.16. The summed E-state index contributed by atoms with van der Waals surface area (Å²) in [5.74, 6) is -1.48. The Hall–Kier alpha value is -2.70. The molecule has 0 aromatic heterocycles. The number of piperidine rings is 1. The molecule has 3 rings (SSSR count). The fourth-order valence-electron chi connectivity index (χ4n) is 3.33. The number of hydrogen-bond donors (Lipinski definition) is 1. The normalized spacial score (nSPS) is 17.4. The van der Waals surface area contributed by atoms with Gasteiger partial charge >= 0.3 is 6.18 Å². The summed E-state index contributed by atoms with van der Waals surface area (Å²) in [5.41, 5.74) is 1.40. The first-order valence-electron chi connectivity index (χ1n) is 9.16. The van der Waals surface area contributed by atoms with Gasteiger partial charge in [0.1, 0.15) is 18.1 Å².